The molecule has 28 heavy (non-hydrogen) atoms. The second kappa shape index (κ2) is 8.99. The van der Waals surface area contributed by atoms with Gasteiger partial charge in [0.15, 0.2) is 0 Å². The minimum Gasteiger partial charge on any atom is -0.465 e. The number of rotatable bonds is 7. The molecule has 0 radical (unpaired) electrons. The van der Waals surface area contributed by atoms with Crippen LogP contribution in [0.1, 0.15) is 30.6 Å². The zero-order valence-corrected chi connectivity index (χ0v) is 16.3. The van der Waals surface area contributed by atoms with E-state index in [9.17, 15) is 4.79 Å². The van der Waals surface area contributed by atoms with Crippen LogP contribution in [0.25, 0.3) is 11.3 Å². The topological polar surface area (TPSA) is 76.1 Å². The normalized spacial score (nSPS) is 11.5. The molecule has 3 aromatic rings. The number of aromatic nitrogens is 2. The van der Waals surface area contributed by atoms with Gasteiger partial charge in [-0.1, -0.05) is 37.3 Å². The van der Waals surface area contributed by atoms with Crippen molar-refractivity contribution in [3.8, 4) is 11.3 Å². The number of hydrogen-bond donors (Lipinski definition) is 2. The van der Waals surface area contributed by atoms with Gasteiger partial charge in [0.25, 0.3) is 0 Å². The molecule has 144 valence electrons. The van der Waals surface area contributed by atoms with Crippen LogP contribution in [0, 0.1) is 0 Å². The van der Waals surface area contributed by atoms with Gasteiger partial charge in [-0.3, -0.25) is 0 Å². The summed E-state index contributed by atoms with van der Waals surface area (Å²) < 4.78 is 4.73. The number of methoxy groups -OCH3 is 1. The standard InChI is InChI=1S/C22H24N4O2/c1-4-15(2)23-22-25-19(16-8-6-5-7-9-16)14-20(26-22)24-18-12-10-17(11-13-18)21(27)28-3/h5-15H,4H2,1-3H3,(H2,23,24,25,26)/t15-/m0/s1. The third kappa shape index (κ3) is 4.85. The second-order valence-corrected chi connectivity index (χ2v) is 6.48. The van der Waals surface area contributed by atoms with Crippen molar-refractivity contribution in [2.24, 2.45) is 0 Å². The fraction of sp³-hybridized carbons (Fsp3) is 0.227. The summed E-state index contributed by atoms with van der Waals surface area (Å²) in [6.45, 7) is 4.21. The molecule has 0 saturated heterocycles. The Morgan fingerprint density at radius 3 is 2.43 bits per heavy atom. The summed E-state index contributed by atoms with van der Waals surface area (Å²) >= 11 is 0. The quantitative estimate of drug-likeness (QED) is 0.572. The molecule has 0 aliphatic carbocycles. The Hall–Kier alpha value is -3.41. The molecule has 1 heterocycles. The number of nitrogens with one attached hydrogen (secondary N) is 2. The minimum atomic E-state index is -0.361. The van der Waals surface area contributed by atoms with E-state index in [1.54, 1.807) is 12.1 Å². The molecule has 0 aliphatic rings. The van der Waals surface area contributed by atoms with E-state index in [-0.39, 0.29) is 12.0 Å². The summed E-state index contributed by atoms with van der Waals surface area (Å²) in [5.74, 6) is 0.884. The van der Waals surface area contributed by atoms with Crippen LogP contribution in [0.15, 0.2) is 60.7 Å². The molecule has 1 aromatic heterocycles. The first-order valence-corrected chi connectivity index (χ1v) is 9.25. The van der Waals surface area contributed by atoms with Crippen molar-refractivity contribution in [2.45, 2.75) is 26.3 Å². The molecule has 0 saturated carbocycles. The van der Waals surface area contributed by atoms with E-state index in [2.05, 4.69) is 34.4 Å². The smallest absolute Gasteiger partial charge is 0.337 e. The van der Waals surface area contributed by atoms with Crippen LogP contribution >= 0.6 is 0 Å². The Kier molecular flexibility index (Phi) is 6.22. The zero-order valence-electron chi connectivity index (χ0n) is 16.3. The number of esters is 1. The van der Waals surface area contributed by atoms with Crippen LogP contribution in [0.5, 0.6) is 0 Å². The van der Waals surface area contributed by atoms with Crippen LogP contribution in [0.2, 0.25) is 0 Å². The van der Waals surface area contributed by atoms with E-state index in [0.717, 1.165) is 23.4 Å². The molecule has 3 rings (SSSR count). The molecular weight excluding hydrogens is 352 g/mol. The number of anilines is 3. The van der Waals surface area contributed by atoms with Crippen molar-refractivity contribution >= 4 is 23.4 Å². The molecule has 2 N–H and O–H groups in total. The van der Waals surface area contributed by atoms with E-state index >= 15 is 0 Å². The molecule has 0 spiro atoms. The van der Waals surface area contributed by atoms with E-state index in [1.807, 2.05) is 48.5 Å². The molecule has 0 unspecified atom stereocenters. The first-order valence-electron chi connectivity index (χ1n) is 9.25. The van der Waals surface area contributed by atoms with E-state index in [0.29, 0.717) is 17.3 Å². The largest absolute Gasteiger partial charge is 0.465 e. The van der Waals surface area contributed by atoms with Gasteiger partial charge in [-0.25, -0.2) is 9.78 Å². The van der Waals surface area contributed by atoms with Gasteiger partial charge in [0, 0.05) is 23.4 Å². The van der Waals surface area contributed by atoms with Gasteiger partial charge in [-0.2, -0.15) is 4.98 Å². The van der Waals surface area contributed by atoms with Gasteiger partial charge in [-0.15, -0.1) is 0 Å². The van der Waals surface area contributed by atoms with Crippen molar-refractivity contribution in [1.29, 1.82) is 0 Å². The molecule has 6 nitrogen and oxygen atoms in total. The lowest BCUT2D eigenvalue weighted by Crippen LogP contribution is -2.16. The Bertz CT molecular complexity index is 927. The first kappa shape index (κ1) is 19.4. The van der Waals surface area contributed by atoms with Crippen LogP contribution in [-0.2, 0) is 4.74 Å². The van der Waals surface area contributed by atoms with Crippen LogP contribution in [-0.4, -0.2) is 29.1 Å². The first-order chi connectivity index (χ1) is 13.6. The summed E-state index contributed by atoms with van der Waals surface area (Å²) in [5.41, 5.74) is 3.16. The van der Waals surface area contributed by atoms with Crippen molar-refractivity contribution in [2.75, 3.05) is 17.7 Å². The van der Waals surface area contributed by atoms with Crippen LogP contribution in [0.3, 0.4) is 0 Å². The van der Waals surface area contributed by atoms with Crippen molar-refractivity contribution in [3.05, 3.63) is 66.2 Å². The number of ether oxygens (including phenoxy) is 1. The number of carbonyl (C=O) groups excluding carboxylic acids is 1. The summed E-state index contributed by atoms with van der Waals surface area (Å²) in [6, 6.07) is 19.2. The van der Waals surface area contributed by atoms with E-state index in [4.69, 9.17) is 4.74 Å². The lowest BCUT2D eigenvalue weighted by molar-refractivity contribution is 0.0601. The summed E-state index contributed by atoms with van der Waals surface area (Å²) in [6.07, 6.45) is 0.969. The number of nitrogens with zero attached hydrogens (tertiary/aromatic N) is 2. The molecule has 0 bridgehead atoms. The number of carbonyl (C=O) groups is 1. The van der Waals surface area contributed by atoms with Gasteiger partial charge in [0.1, 0.15) is 5.82 Å². The molecule has 1 atom stereocenters. The molecule has 0 amide bonds. The molecule has 2 aromatic carbocycles. The van der Waals surface area contributed by atoms with Crippen molar-refractivity contribution in [1.82, 2.24) is 9.97 Å². The lowest BCUT2D eigenvalue weighted by atomic mass is 10.1. The monoisotopic (exact) mass is 376 g/mol. The van der Waals surface area contributed by atoms with Crippen LogP contribution < -0.4 is 10.6 Å². The maximum Gasteiger partial charge on any atom is 0.337 e. The lowest BCUT2D eigenvalue weighted by Gasteiger charge is -2.15. The van der Waals surface area contributed by atoms with Gasteiger partial charge >= 0.3 is 5.97 Å². The second-order valence-electron chi connectivity index (χ2n) is 6.48. The fourth-order valence-electron chi connectivity index (χ4n) is 2.61. The number of benzene rings is 2. The maximum absolute atomic E-state index is 11.6. The van der Waals surface area contributed by atoms with Crippen molar-refractivity contribution in [3.63, 3.8) is 0 Å². The Labute approximate surface area is 165 Å². The fourth-order valence-corrected chi connectivity index (χ4v) is 2.61. The summed E-state index contributed by atoms with van der Waals surface area (Å²) in [5, 5.41) is 6.62. The third-order valence-electron chi connectivity index (χ3n) is 4.36. The Balaban J connectivity index is 1.90. The zero-order chi connectivity index (χ0) is 19.9. The molecular formula is C22H24N4O2. The Morgan fingerprint density at radius 2 is 1.79 bits per heavy atom. The van der Waals surface area contributed by atoms with Crippen molar-refractivity contribution < 1.29 is 9.53 Å². The molecule has 0 fully saturated rings. The highest BCUT2D eigenvalue weighted by Gasteiger charge is 2.10. The molecule has 6 heteroatoms. The van der Waals surface area contributed by atoms with Gasteiger partial charge in [0.05, 0.1) is 18.4 Å². The average molecular weight is 376 g/mol. The number of hydrogen-bond acceptors (Lipinski definition) is 6. The van der Waals surface area contributed by atoms with Gasteiger partial charge in [-0.05, 0) is 37.6 Å². The van der Waals surface area contributed by atoms with E-state index in [1.165, 1.54) is 7.11 Å². The highest BCUT2D eigenvalue weighted by Crippen LogP contribution is 2.24. The molecule has 0 aliphatic heterocycles. The highest BCUT2D eigenvalue weighted by atomic mass is 16.5. The van der Waals surface area contributed by atoms with E-state index < -0.39 is 0 Å². The third-order valence-corrected chi connectivity index (χ3v) is 4.36. The highest BCUT2D eigenvalue weighted by molar-refractivity contribution is 5.89. The summed E-state index contributed by atoms with van der Waals surface area (Å²) in [7, 11) is 1.37. The van der Waals surface area contributed by atoms with Gasteiger partial charge in [0.2, 0.25) is 5.95 Å². The van der Waals surface area contributed by atoms with Crippen LogP contribution in [0.4, 0.5) is 17.5 Å². The predicted molar refractivity (Wildman–Crippen MR) is 112 cm³/mol. The maximum atomic E-state index is 11.6. The minimum absolute atomic E-state index is 0.262. The SMILES string of the molecule is CC[C@H](C)Nc1nc(Nc2ccc(C(=O)OC)cc2)cc(-c2ccccc2)n1. The predicted octanol–water partition coefficient (Wildman–Crippen LogP) is 4.88. The Morgan fingerprint density at radius 1 is 1.07 bits per heavy atom. The van der Waals surface area contributed by atoms with Gasteiger partial charge < -0.3 is 15.4 Å². The average Bonchev–Trinajstić information content (AvgIpc) is 2.74. The summed E-state index contributed by atoms with van der Waals surface area (Å²) in [4.78, 5) is 20.8.